The zero-order valence-corrected chi connectivity index (χ0v) is 13.7. The fourth-order valence-electron chi connectivity index (χ4n) is 3.10. The lowest BCUT2D eigenvalue weighted by Crippen LogP contribution is -2.17. The van der Waals surface area contributed by atoms with Crippen LogP contribution in [0.5, 0.6) is 23.0 Å². The molecule has 2 aromatic carbocycles. The molecule has 1 aliphatic rings. The van der Waals surface area contributed by atoms with Gasteiger partial charge in [0.05, 0.1) is 5.92 Å². The highest BCUT2D eigenvalue weighted by molar-refractivity contribution is 5.90. The standard InChI is InChI=1S/C19H16O7/c1-9(20)16-17-10(4-7-15(24)25)2-6-13(22)19(17)26-18(16)11-3-5-12(21)14(23)8-11/h2-8,16,18,21-23H,1H3,(H,24,25). The number of aliphatic carboxylic acids is 1. The Labute approximate surface area is 148 Å². The van der Waals surface area contributed by atoms with Gasteiger partial charge in [-0.05, 0) is 42.3 Å². The molecule has 134 valence electrons. The van der Waals surface area contributed by atoms with Crippen molar-refractivity contribution >= 4 is 17.8 Å². The first-order valence-corrected chi connectivity index (χ1v) is 7.75. The maximum atomic E-state index is 12.3. The lowest BCUT2D eigenvalue weighted by molar-refractivity contribution is -0.131. The zero-order chi connectivity index (χ0) is 19.0. The van der Waals surface area contributed by atoms with Gasteiger partial charge < -0.3 is 25.2 Å². The highest BCUT2D eigenvalue weighted by Crippen LogP contribution is 2.52. The number of hydrogen-bond donors (Lipinski definition) is 4. The van der Waals surface area contributed by atoms with Crippen molar-refractivity contribution in [2.45, 2.75) is 18.9 Å². The molecule has 0 aliphatic carbocycles. The molecule has 7 heteroatoms. The summed E-state index contributed by atoms with van der Waals surface area (Å²) in [6, 6.07) is 6.92. The molecule has 0 spiro atoms. The average Bonchev–Trinajstić information content (AvgIpc) is 2.98. The molecule has 2 aromatic rings. The number of benzene rings is 2. The van der Waals surface area contributed by atoms with Crippen molar-refractivity contribution in [1.29, 1.82) is 0 Å². The van der Waals surface area contributed by atoms with Crippen molar-refractivity contribution in [1.82, 2.24) is 0 Å². The Morgan fingerprint density at radius 2 is 1.73 bits per heavy atom. The molecule has 2 atom stereocenters. The summed E-state index contributed by atoms with van der Waals surface area (Å²) in [4.78, 5) is 23.2. The number of carbonyl (C=O) groups is 2. The number of hydrogen-bond acceptors (Lipinski definition) is 6. The summed E-state index contributed by atoms with van der Waals surface area (Å²) >= 11 is 0. The van der Waals surface area contributed by atoms with Crippen LogP contribution in [0, 0.1) is 0 Å². The molecule has 0 saturated heterocycles. The van der Waals surface area contributed by atoms with Crippen LogP contribution in [0.2, 0.25) is 0 Å². The van der Waals surface area contributed by atoms with E-state index in [0.29, 0.717) is 16.7 Å². The van der Waals surface area contributed by atoms with Crippen molar-refractivity contribution in [2.24, 2.45) is 0 Å². The summed E-state index contributed by atoms with van der Waals surface area (Å²) in [7, 11) is 0. The Morgan fingerprint density at radius 1 is 1.04 bits per heavy atom. The van der Waals surface area contributed by atoms with Gasteiger partial charge in [0.2, 0.25) is 0 Å². The molecule has 0 aromatic heterocycles. The SMILES string of the molecule is CC(=O)C1c2c(C=CC(=O)O)ccc(O)c2OC1c1ccc(O)c(O)c1. The minimum absolute atomic E-state index is 0.0929. The van der Waals surface area contributed by atoms with Gasteiger partial charge in [0.15, 0.2) is 23.0 Å². The van der Waals surface area contributed by atoms with Gasteiger partial charge in [-0.25, -0.2) is 4.79 Å². The summed E-state index contributed by atoms with van der Waals surface area (Å²) in [6.07, 6.45) is 1.43. The number of ketones is 1. The van der Waals surface area contributed by atoms with Crippen LogP contribution in [-0.2, 0) is 9.59 Å². The van der Waals surface area contributed by atoms with Crippen LogP contribution in [0.25, 0.3) is 6.08 Å². The molecular weight excluding hydrogens is 340 g/mol. The molecule has 0 radical (unpaired) electrons. The summed E-state index contributed by atoms with van der Waals surface area (Å²) in [5.74, 6) is -2.97. The number of Topliss-reactive ketones (excluding diaryl/α,β-unsaturated/α-hetero) is 1. The fraction of sp³-hybridized carbons (Fsp3) is 0.158. The first kappa shape index (κ1) is 17.3. The molecule has 7 nitrogen and oxygen atoms in total. The van der Waals surface area contributed by atoms with E-state index in [9.17, 15) is 24.9 Å². The predicted molar refractivity (Wildman–Crippen MR) is 91.3 cm³/mol. The van der Waals surface area contributed by atoms with Crippen LogP contribution >= 0.6 is 0 Å². The third-order valence-electron chi connectivity index (χ3n) is 4.24. The van der Waals surface area contributed by atoms with Crippen molar-refractivity contribution in [2.75, 3.05) is 0 Å². The zero-order valence-electron chi connectivity index (χ0n) is 13.7. The molecule has 26 heavy (non-hydrogen) atoms. The number of aromatic hydroxyl groups is 3. The lowest BCUT2D eigenvalue weighted by atomic mass is 9.85. The molecule has 3 rings (SSSR count). The van der Waals surface area contributed by atoms with Crippen LogP contribution in [0.3, 0.4) is 0 Å². The van der Waals surface area contributed by atoms with Crippen molar-refractivity contribution < 1.29 is 34.8 Å². The Morgan fingerprint density at radius 3 is 2.35 bits per heavy atom. The van der Waals surface area contributed by atoms with E-state index in [1.54, 1.807) is 0 Å². The lowest BCUT2D eigenvalue weighted by Gasteiger charge is -2.18. The van der Waals surface area contributed by atoms with Gasteiger partial charge >= 0.3 is 5.97 Å². The molecular formula is C19H16O7. The maximum absolute atomic E-state index is 12.3. The highest BCUT2D eigenvalue weighted by atomic mass is 16.5. The molecule has 2 unspecified atom stereocenters. The van der Waals surface area contributed by atoms with E-state index in [1.807, 2.05) is 0 Å². The van der Waals surface area contributed by atoms with E-state index in [4.69, 9.17) is 9.84 Å². The van der Waals surface area contributed by atoms with Gasteiger partial charge in [0, 0.05) is 11.6 Å². The average molecular weight is 356 g/mol. The smallest absolute Gasteiger partial charge is 0.328 e. The van der Waals surface area contributed by atoms with E-state index >= 15 is 0 Å². The Balaban J connectivity index is 2.15. The van der Waals surface area contributed by atoms with Crippen molar-refractivity contribution in [3.8, 4) is 23.0 Å². The second kappa shape index (κ2) is 6.44. The topological polar surface area (TPSA) is 124 Å². The molecule has 1 heterocycles. The number of fused-ring (bicyclic) bond motifs is 1. The predicted octanol–water partition coefficient (Wildman–Crippen LogP) is 2.71. The van der Waals surface area contributed by atoms with Crippen molar-refractivity contribution in [3.05, 3.63) is 53.1 Å². The van der Waals surface area contributed by atoms with Crippen LogP contribution in [0.4, 0.5) is 0 Å². The number of carboxylic acid groups (broad SMARTS) is 1. The van der Waals surface area contributed by atoms with E-state index in [2.05, 4.69) is 0 Å². The maximum Gasteiger partial charge on any atom is 0.328 e. The largest absolute Gasteiger partial charge is 0.504 e. The molecule has 0 bridgehead atoms. The summed E-state index contributed by atoms with van der Waals surface area (Å²) < 4.78 is 5.80. The number of phenolic OH excluding ortho intramolecular Hbond substituents is 3. The highest BCUT2D eigenvalue weighted by Gasteiger charge is 2.41. The Bertz CT molecular complexity index is 930. The summed E-state index contributed by atoms with van der Waals surface area (Å²) in [5, 5.41) is 38.2. The van der Waals surface area contributed by atoms with Crippen LogP contribution < -0.4 is 4.74 Å². The van der Waals surface area contributed by atoms with E-state index in [0.717, 1.165) is 6.08 Å². The number of carbonyl (C=O) groups excluding carboxylic acids is 1. The third kappa shape index (κ3) is 2.95. The van der Waals surface area contributed by atoms with E-state index in [1.165, 1.54) is 43.3 Å². The van der Waals surface area contributed by atoms with Crippen LogP contribution in [0.1, 0.15) is 35.6 Å². The van der Waals surface area contributed by atoms with E-state index in [-0.39, 0.29) is 28.8 Å². The van der Waals surface area contributed by atoms with Gasteiger partial charge in [-0.15, -0.1) is 0 Å². The van der Waals surface area contributed by atoms with Crippen LogP contribution in [0.15, 0.2) is 36.4 Å². The quantitative estimate of drug-likeness (QED) is 0.490. The second-order valence-electron chi connectivity index (χ2n) is 5.96. The monoisotopic (exact) mass is 356 g/mol. The fourth-order valence-corrected chi connectivity index (χ4v) is 3.10. The normalized spacial score (nSPS) is 18.5. The van der Waals surface area contributed by atoms with Gasteiger partial charge in [-0.3, -0.25) is 4.79 Å². The summed E-state index contributed by atoms with van der Waals surface area (Å²) in [5.41, 5.74) is 1.25. The minimum atomic E-state index is -1.15. The van der Waals surface area contributed by atoms with Gasteiger partial charge in [-0.2, -0.15) is 0 Å². The molecule has 0 saturated carbocycles. The molecule has 1 aliphatic heterocycles. The first-order chi connectivity index (χ1) is 12.3. The molecule has 0 fully saturated rings. The first-order valence-electron chi connectivity index (χ1n) is 7.75. The number of carboxylic acids is 1. The third-order valence-corrected chi connectivity index (χ3v) is 4.24. The minimum Gasteiger partial charge on any atom is -0.504 e. The molecule has 0 amide bonds. The Kier molecular flexibility index (Phi) is 4.29. The number of phenols is 3. The van der Waals surface area contributed by atoms with Gasteiger partial charge in [0.25, 0.3) is 0 Å². The van der Waals surface area contributed by atoms with Crippen molar-refractivity contribution in [3.63, 3.8) is 0 Å². The summed E-state index contributed by atoms with van der Waals surface area (Å²) in [6.45, 7) is 1.37. The van der Waals surface area contributed by atoms with Gasteiger partial charge in [-0.1, -0.05) is 12.1 Å². The van der Waals surface area contributed by atoms with Gasteiger partial charge in [0.1, 0.15) is 11.9 Å². The van der Waals surface area contributed by atoms with E-state index < -0.39 is 18.0 Å². The Hall–Kier alpha value is -3.48. The molecule has 4 N–H and O–H groups in total. The van der Waals surface area contributed by atoms with Crippen LogP contribution in [-0.4, -0.2) is 32.2 Å². The number of rotatable bonds is 4. The number of ether oxygens (including phenoxy) is 1. The second-order valence-corrected chi connectivity index (χ2v) is 5.96.